The van der Waals surface area contributed by atoms with E-state index in [-0.39, 0.29) is 48.9 Å². The van der Waals surface area contributed by atoms with Gasteiger partial charge in [0.2, 0.25) is 0 Å². The van der Waals surface area contributed by atoms with E-state index in [1.165, 1.54) is 0 Å². The van der Waals surface area contributed by atoms with Crippen LogP contribution in [0, 0.1) is 5.53 Å². The Hall–Kier alpha value is 0.771. The van der Waals surface area contributed by atoms with Crippen LogP contribution in [0.3, 0.4) is 0 Å². The molecule has 0 saturated carbocycles. The van der Waals surface area contributed by atoms with Crippen LogP contribution < -0.4 is 0 Å². The zero-order valence-corrected chi connectivity index (χ0v) is 1.84. The number of hydrogen-bond acceptors (Lipinski definition) is 1. The molecule has 0 rings (SSSR count). The van der Waals surface area contributed by atoms with Crippen LogP contribution in [0.1, 0.15) is 0 Å². The third kappa shape index (κ3) is 61.6. The van der Waals surface area contributed by atoms with Gasteiger partial charge in [0.15, 0.2) is 0 Å². The van der Waals surface area contributed by atoms with Crippen LogP contribution >= 0.6 is 0 Å². The van der Waals surface area contributed by atoms with Crippen LogP contribution in [0.4, 0.5) is 0 Å². The van der Waals surface area contributed by atoms with E-state index in [0.717, 1.165) is 0 Å². The summed E-state index contributed by atoms with van der Waals surface area (Å²) in [7, 11) is 0. The summed E-state index contributed by atoms with van der Waals surface area (Å²) in [5.41, 5.74) is 5.53. The van der Waals surface area contributed by atoms with Crippen molar-refractivity contribution in [2.45, 2.75) is 0 Å². The molecule has 0 aliphatic heterocycles. The van der Waals surface area contributed by atoms with Crippen molar-refractivity contribution in [3.63, 3.8) is 0 Å². The Bertz CT molecular complexity index is 30.6. The zero-order valence-electron chi connectivity index (χ0n) is 1.84. The van der Waals surface area contributed by atoms with Crippen LogP contribution in [-0.4, -0.2) is 64.3 Å². The van der Waals surface area contributed by atoms with E-state index < -0.39 is 5.02 Å². The van der Waals surface area contributed by atoms with Crippen LogP contribution in [0.25, 0.3) is 0 Å². The molecule has 0 heterocycles. The quantitative estimate of drug-likeness (QED) is 0.265. The number of nitrogens with one attached hydrogen (secondary N) is 1. The molecule has 28 valence electrons. The van der Waals surface area contributed by atoms with Gasteiger partial charge in [-0.05, 0) is 0 Å². The van der Waals surface area contributed by atoms with Gasteiger partial charge < -0.3 is 0 Å². The third-order valence-corrected chi connectivity index (χ3v) is 0. The summed E-state index contributed by atoms with van der Waals surface area (Å²) in [4.78, 5) is 0. The summed E-state index contributed by atoms with van der Waals surface area (Å²) in [5, 5.41) is 13.5. The predicted octanol–water partition coefficient (Wildman–Crippen LogP) is -1.11. The Kier molecular flexibility index (Phi) is 8.82. The monoisotopic (exact) mass is 203 g/mol. The van der Waals surface area contributed by atoms with Crippen molar-refractivity contribution in [3.05, 3.63) is 0 Å². The van der Waals surface area contributed by atoms with Crippen LogP contribution in [0.15, 0.2) is 0 Å². The molecular formula is H5BaN2O2+. The molecule has 0 unspecified atom stereocenters. The molecule has 0 radical (unpaired) electrons. The average molecular weight is 202 g/mol. The molecule has 0 aliphatic rings. The third-order valence-electron chi connectivity index (χ3n) is 0. The molecular weight excluding hydrogens is 197 g/mol. The van der Waals surface area contributed by atoms with Crippen molar-refractivity contribution < 1.29 is 15.4 Å². The molecule has 0 aromatic rings. The molecule has 0 amide bonds. The second-order valence-electron chi connectivity index (χ2n) is 0.289. The van der Waals surface area contributed by atoms with Crippen molar-refractivity contribution in [2.24, 2.45) is 0 Å². The molecule has 0 atom stereocenters. The van der Waals surface area contributed by atoms with E-state index in [1.54, 1.807) is 0 Å². The molecule has 0 spiro atoms. The van der Waals surface area contributed by atoms with Crippen molar-refractivity contribution in [1.29, 1.82) is 5.53 Å². The summed E-state index contributed by atoms with van der Waals surface area (Å²) in [6.07, 6.45) is 0. The van der Waals surface area contributed by atoms with E-state index in [0.29, 0.717) is 0 Å². The molecule has 0 aromatic carbocycles. The second-order valence-corrected chi connectivity index (χ2v) is 0.289. The van der Waals surface area contributed by atoms with Gasteiger partial charge in [-0.15, -0.1) is 0 Å². The molecule has 0 bridgehead atoms. The zero-order chi connectivity index (χ0) is 3.58. The summed E-state index contributed by atoms with van der Waals surface area (Å²) in [6.45, 7) is 0. The van der Waals surface area contributed by atoms with Gasteiger partial charge in [-0.2, -0.15) is 0 Å². The van der Waals surface area contributed by atoms with Gasteiger partial charge in [0, 0.05) is 5.53 Å². The fraction of sp³-hybridized carbons (Fsp3) is 0. The van der Waals surface area contributed by atoms with Crippen molar-refractivity contribution in [3.8, 4) is 0 Å². The molecule has 0 saturated heterocycles. The molecule has 0 aliphatic carbocycles. The molecule has 0 aromatic heterocycles. The first-order chi connectivity index (χ1) is 1.73. The van der Waals surface area contributed by atoms with E-state index >= 15 is 0 Å². The van der Waals surface area contributed by atoms with Crippen molar-refractivity contribution in [1.82, 2.24) is 0 Å². The van der Waals surface area contributed by atoms with Crippen LogP contribution in [-0.2, 0) is 0 Å². The van der Waals surface area contributed by atoms with Gasteiger partial charge >= 0.3 is 53.9 Å². The maximum atomic E-state index is 7.11. The number of hydrogen-bond donors (Lipinski definition) is 3. The molecule has 4 nitrogen and oxygen atoms in total. The fourth-order valence-electron chi connectivity index (χ4n) is 0. The molecule has 5 heteroatoms. The normalized spacial score (nSPS) is 4.80. The topological polar surface area (TPSA) is 67.3 Å². The Morgan fingerprint density at radius 1 is 1.40 bits per heavy atom. The minimum absolute atomic E-state index is 0. The van der Waals surface area contributed by atoms with Gasteiger partial charge in [-0.1, -0.05) is 0 Å². The molecule has 5 heavy (non-hydrogen) atoms. The van der Waals surface area contributed by atoms with Crippen LogP contribution in [0.5, 0.6) is 0 Å². The first-order valence-corrected chi connectivity index (χ1v) is 0.624. The van der Waals surface area contributed by atoms with E-state index in [2.05, 4.69) is 0 Å². The fourth-order valence-corrected chi connectivity index (χ4v) is 0. The first kappa shape index (κ1) is 9.24. The minimum atomic E-state index is -0.750. The van der Waals surface area contributed by atoms with Gasteiger partial charge in [0.25, 0.3) is 0 Å². The SMILES string of the molecule is N=[N+](O)O.[BaH2]. The van der Waals surface area contributed by atoms with E-state index in [4.69, 9.17) is 15.9 Å². The van der Waals surface area contributed by atoms with Gasteiger partial charge in [-0.3, -0.25) is 0 Å². The molecule has 3 N–H and O–H groups in total. The summed E-state index contributed by atoms with van der Waals surface area (Å²) in [5.74, 6) is 0. The Morgan fingerprint density at radius 2 is 1.40 bits per heavy atom. The Labute approximate surface area is 68.9 Å². The maximum absolute atomic E-state index is 7.11. The Morgan fingerprint density at radius 3 is 1.40 bits per heavy atom. The van der Waals surface area contributed by atoms with Gasteiger partial charge in [0.1, 0.15) is 0 Å². The van der Waals surface area contributed by atoms with Gasteiger partial charge in [0.05, 0.1) is 0 Å². The van der Waals surface area contributed by atoms with Crippen molar-refractivity contribution in [2.75, 3.05) is 0 Å². The van der Waals surface area contributed by atoms with Crippen molar-refractivity contribution >= 4 is 48.9 Å². The van der Waals surface area contributed by atoms with E-state index in [9.17, 15) is 0 Å². The Balaban J connectivity index is 0. The number of nitrogens with zero attached hydrogens (tertiary/aromatic N) is 1. The van der Waals surface area contributed by atoms with E-state index in [1.807, 2.05) is 0 Å². The van der Waals surface area contributed by atoms with Gasteiger partial charge in [-0.25, -0.2) is 10.4 Å². The first-order valence-electron chi connectivity index (χ1n) is 0.624. The number of rotatable bonds is 0. The summed E-state index contributed by atoms with van der Waals surface area (Å²) >= 11 is 0. The standard InChI is InChI=1S/Ba.H3N2O2.2H/c;1-2(3)4;;/h;(H3,1,3,4);;/q;+1;;. The van der Waals surface area contributed by atoms with Crippen LogP contribution in [0.2, 0.25) is 0 Å². The average Bonchev–Trinajstić information content (AvgIpc) is 0.811. The molecule has 0 fully saturated rings. The summed E-state index contributed by atoms with van der Waals surface area (Å²) < 4.78 is 0. The predicted molar refractivity (Wildman–Crippen MR) is 15.1 cm³/mol. The summed E-state index contributed by atoms with van der Waals surface area (Å²) in [6, 6.07) is 0. The second kappa shape index (κ2) is 4.77.